The number of nitrogens with one attached hydrogen (secondary N) is 1. The van der Waals surface area contributed by atoms with Gasteiger partial charge in [-0.25, -0.2) is 0 Å². The van der Waals surface area contributed by atoms with Crippen molar-refractivity contribution in [2.75, 3.05) is 18.6 Å². The molecule has 0 fully saturated rings. The molecule has 1 N–H and O–H groups in total. The van der Waals surface area contributed by atoms with Crippen LogP contribution in [-0.4, -0.2) is 22.8 Å². The molecule has 0 aromatic heterocycles. The van der Waals surface area contributed by atoms with Crippen LogP contribution < -0.4 is 5.32 Å². The van der Waals surface area contributed by atoms with E-state index in [0.717, 1.165) is 12.2 Å². The summed E-state index contributed by atoms with van der Waals surface area (Å²) in [5, 5.41) is 3.30. The maximum absolute atomic E-state index is 12.2. The Hall–Kier alpha value is -0.670. The number of hydrogen-bond acceptors (Lipinski definition) is 2. The Bertz CT molecular complexity index is 434. The predicted molar refractivity (Wildman–Crippen MR) is 94.3 cm³/mol. The summed E-state index contributed by atoms with van der Waals surface area (Å²) < 4.78 is 12.2. The fraction of sp³-hybridized carbons (Fsp3) is 0.667. The average molecular weight is 310 g/mol. The second-order valence-electron chi connectivity index (χ2n) is 6.73. The lowest BCUT2D eigenvalue weighted by molar-refractivity contribution is 0.588. The molecule has 0 radical (unpaired) electrons. The Kier molecular flexibility index (Phi) is 7.61. The van der Waals surface area contributed by atoms with Crippen molar-refractivity contribution in [1.82, 2.24) is 5.32 Å². The van der Waals surface area contributed by atoms with Crippen LogP contribution in [0.15, 0.2) is 24.3 Å². The van der Waals surface area contributed by atoms with Crippen molar-refractivity contribution in [3.63, 3.8) is 0 Å². The minimum absolute atomic E-state index is 0.177. The fourth-order valence-electron chi connectivity index (χ4n) is 2.34. The average Bonchev–Trinajstić information content (AvgIpc) is 2.44. The van der Waals surface area contributed by atoms with E-state index in [4.69, 9.17) is 0 Å². The Morgan fingerprint density at radius 2 is 1.76 bits per heavy atom. The van der Waals surface area contributed by atoms with Crippen LogP contribution in [0.25, 0.3) is 0 Å². The third kappa shape index (κ3) is 6.31. The molecule has 0 heterocycles. The highest BCUT2D eigenvalue weighted by Gasteiger charge is 2.16. The summed E-state index contributed by atoms with van der Waals surface area (Å²) in [6.07, 6.45) is 3.43. The highest BCUT2D eigenvalue weighted by atomic mass is 32.2. The van der Waals surface area contributed by atoms with Gasteiger partial charge in [-0.3, -0.25) is 4.21 Å². The largest absolute Gasteiger partial charge is 0.312 e. The maximum atomic E-state index is 12.2. The zero-order valence-electron chi connectivity index (χ0n) is 14.2. The molecule has 2 atom stereocenters. The summed E-state index contributed by atoms with van der Waals surface area (Å²) in [5.41, 5.74) is 2.75. The number of unbranched alkanes of at least 4 members (excludes halogenated alkanes) is 2. The summed E-state index contributed by atoms with van der Waals surface area (Å²) in [5.74, 6) is 1.53. The Morgan fingerprint density at radius 1 is 1.14 bits per heavy atom. The zero-order valence-corrected chi connectivity index (χ0v) is 15.1. The molecule has 0 saturated heterocycles. The summed E-state index contributed by atoms with van der Waals surface area (Å²) in [6, 6.07) is 8.91. The van der Waals surface area contributed by atoms with Crippen molar-refractivity contribution in [2.45, 2.75) is 58.4 Å². The molecule has 21 heavy (non-hydrogen) atoms. The molecule has 2 nitrogen and oxygen atoms in total. The van der Waals surface area contributed by atoms with Gasteiger partial charge in [0.05, 0.1) is 0 Å². The standard InChI is InChI=1S/C18H31NOS/c1-6-7-8-13-21(20)14-17(19-5)15-9-11-16(12-10-15)18(2,3)4/h9-12,17,19H,6-8,13-14H2,1-5H3. The second-order valence-corrected chi connectivity index (χ2v) is 8.35. The van der Waals surface area contributed by atoms with Gasteiger partial charge in [-0.15, -0.1) is 0 Å². The Morgan fingerprint density at radius 3 is 2.24 bits per heavy atom. The van der Waals surface area contributed by atoms with Crippen molar-refractivity contribution in [2.24, 2.45) is 0 Å². The van der Waals surface area contributed by atoms with E-state index in [-0.39, 0.29) is 11.5 Å². The van der Waals surface area contributed by atoms with E-state index in [0.29, 0.717) is 5.75 Å². The molecule has 0 aliphatic heterocycles. The summed E-state index contributed by atoms with van der Waals surface area (Å²) >= 11 is 0. The van der Waals surface area contributed by atoms with E-state index >= 15 is 0 Å². The fourth-order valence-corrected chi connectivity index (χ4v) is 3.77. The minimum Gasteiger partial charge on any atom is -0.312 e. The smallest absolute Gasteiger partial charge is 0.0434 e. The Balaban J connectivity index is 2.65. The highest BCUT2D eigenvalue weighted by Crippen LogP contribution is 2.24. The van der Waals surface area contributed by atoms with Crippen molar-refractivity contribution in [1.29, 1.82) is 0 Å². The van der Waals surface area contributed by atoms with E-state index < -0.39 is 10.8 Å². The molecule has 0 spiro atoms. The predicted octanol–water partition coefficient (Wildman–Crippen LogP) is 4.18. The van der Waals surface area contributed by atoms with Crippen LogP contribution in [-0.2, 0) is 16.2 Å². The molecular formula is C18H31NOS. The van der Waals surface area contributed by atoms with Crippen molar-refractivity contribution < 1.29 is 4.21 Å². The summed E-state index contributed by atoms with van der Waals surface area (Å²) in [6.45, 7) is 8.84. The van der Waals surface area contributed by atoms with Gasteiger partial charge in [-0.2, -0.15) is 0 Å². The van der Waals surface area contributed by atoms with E-state index in [2.05, 4.69) is 57.3 Å². The number of benzene rings is 1. The molecule has 1 rings (SSSR count). The monoisotopic (exact) mass is 309 g/mol. The van der Waals surface area contributed by atoms with Gasteiger partial charge in [0.2, 0.25) is 0 Å². The molecule has 3 heteroatoms. The van der Waals surface area contributed by atoms with E-state index in [1.165, 1.54) is 24.0 Å². The van der Waals surface area contributed by atoms with Crippen molar-refractivity contribution >= 4 is 10.8 Å². The normalized spacial score (nSPS) is 14.9. The quantitative estimate of drug-likeness (QED) is 0.730. The molecule has 0 aliphatic rings. The van der Waals surface area contributed by atoms with Gasteiger partial charge >= 0.3 is 0 Å². The number of rotatable bonds is 8. The SMILES string of the molecule is CCCCCS(=O)CC(NC)c1ccc(C(C)(C)C)cc1. The van der Waals surface area contributed by atoms with Gasteiger partial charge in [0.1, 0.15) is 0 Å². The second kappa shape index (κ2) is 8.70. The third-order valence-corrected chi connectivity index (χ3v) is 5.30. The lowest BCUT2D eigenvalue weighted by atomic mass is 9.86. The molecule has 0 aliphatic carbocycles. The molecule has 2 unspecified atom stereocenters. The van der Waals surface area contributed by atoms with Crippen LogP contribution in [0.3, 0.4) is 0 Å². The van der Waals surface area contributed by atoms with Gasteiger partial charge in [0.15, 0.2) is 0 Å². The molecule has 0 amide bonds. The van der Waals surface area contributed by atoms with Crippen molar-refractivity contribution in [3.8, 4) is 0 Å². The maximum Gasteiger partial charge on any atom is 0.0434 e. The van der Waals surface area contributed by atoms with Crippen LogP contribution >= 0.6 is 0 Å². The van der Waals surface area contributed by atoms with E-state index in [1.54, 1.807) is 0 Å². The molecule has 0 bridgehead atoms. The molecular weight excluding hydrogens is 278 g/mol. The first kappa shape index (κ1) is 18.4. The summed E-state index contributed by atoms with van der Waals surface area (Å²) in [7, 11) is 1.21. The van der Waals surface area contributed by atoms with E-state index in [1.807, 2.05) is 7.05 Å². The van der Waals surface area contributed by atoms with Gasteiger partial charge in [0, 0.05) is 28.3 Å². The van der Waals surface area contributed by atoms with Crippen LogP contribution in [0.1, 0.15) is 64.1 Å². The van der Waals surface area contributed by atoms with Gasteiger partial charge in [-0.05, 0) is 30.0 Å². The highest BCUT2D eigenvalue weighted by molar-refractivity contribution is 7.85. The molecule has 0 saturated carbocycles. The van der Waals surface area contributed by atoms with Gasteiger partial charge in [0.25, 0.3) is 0 Å². The summed E-state index contributed by atoms with van der Waals surface area (Å²) in [4.78, 5) is 0. The zero-order chi connectivity index (χ0) is 15.9. The van der Waals surface area contributed by atoms with E-state index in [9.17, 15) is 4.21 Å². The molecule has 1 aromatic rings. The van der Waals surface area contributed by atoms with Crippen LogP contribution in [0.2, 0.25) is 0 Å². The van der Waals surface area contributed by atoms with Crippen LogP contribution in [0, 0.1) is 0 Å². The van der Waals surface area contributed by atoms with Crippen LogP contribution in [0.4, 0.5) is 0 Å². The minimum atomic E-state index is -0.737. The number of hydrogen-bond donors (Lipinski definition) is 1. The lowest BCUT2D eigenvalue weighted by Gasteiger charge is -2.21. The van der Waals surface area contributed by atoms with Crippen molar-refractivity contribution in [3.05, 3.63) is 35.4 Å². The van der Waals surface area contributed by atoms with Gasteiger partial charge < -0.3 is 5.32 Å². The first-order valence-corrected chi connectivity index (χ1v) is 9.50. The molecule has 120 valence electrons. The molecule has 1 aromatic carbocycles. The van der Waals surface area contributed by atoms with Gasteiger partial charge in [-0.1, -0.05) is 64.8 Å². The topological polar surface area (TPSA) is 29.1 Å². The first-order valence-electron chi connectivity index (χ1n) is 8.01. The first-order chi connectivity index (χ1) is 9.88. The Labute approximate surface area is 133 Å². The third-order valence-electron chi connectivity index (χ3n) is 3.86. The van der Waals surface area contributed by atoms with Crippen LogP contribution in [0.5, 0.6) is 0 Å². The lowest BCUT2D eigenvalue weighted by Crippen LogP contribution is -2.24.